The highest BCUT2D eigenvalue weighted by Crippen LogP contribution is 2.55. The van der Waals surface area contributed by atoms with Gasteiger partial charge in [-0.1, -0.05) is 28.4 Å². The highest BCUT2D eigenvalue weighted by Gasteiger charge is 2.29. The van der Waals surface area contributed by atoms with Crippen LogP contribution in [0.5, 0.6) is 5.75 Å². The second-order valence-corrected chi connectivity index (χ2v) is 9.39. The lowest BCUT2D eigenvalue weighted by molar-refractivity contribution is 0.465. The molecule has 0 amide bonds. The molecule has 6 N–H and O–H groups in total. The maximum absolute atomic E-state index is 11.3. The van der Waals surface area contributed by atoms with Gasteiger partial charge in [0.05, 0.1) is 11.9 Å². The second kappa shape index (κ2) is 6.52. The molecule has 3 rings (SSSR count). The third-order valence-corrected chi connectivity index (χ3v) is 5.44. The smallest absolute Gasteiger partial charge is 0.229 e. The van der Waals surface area contributed by atoms with E-state index in [0.717, 1.165) is 6.26 Å². The molecule has 0 saturated heterocycles. The molecule has 0 bridgehead atoms. The molecule has 9 nitrogen and oxygen atoms in total. The number of hydrogen-bond donors (Lipinski definition) is 6. The van der Waals surface area contributed by atoms with Gasteiger partial charge >= 0.3 is 0 Å². The van der Waals surface area contributed by atoms with E-state index in [0.29, 0.717) is 11.4 Å². The van der Waals surface area contributed by atoms with E-state index in [-0.39, 0.29) is 27.3 Å². The van der Waals surface area contributed by atoms with E-state index in [4.69, 9.17) is 11.6 Å². The van der Waals surface area contributed by atoms with Gasteiger partial charge in [-0.05, 0) is 24.3 Å². The van der Waals surface area contributed by atoms with Crippen molar-refractivity contribution in [2.75, 3.05) is 16.3 Å². The number of guanidine groups is 1. The zero-order valence-corrected chi connectivity index (χ0v) is 15.7. The van der Waals surface area contributed by atoms with Crippen molar-refractivity contribution in [2.45, 2.75) is 4.90 Å². The number of nitrogens with one attached hydrogen (secondary N) is 3. The first-order valence-corrected chi connectivity index (χ1v) is 10.9. The third-order valence-electron chi connectivity index (χ3n) is 3.22. The summed E-state index contributed by atoms with van der Waals surface area (Å²) in [7, 11) is -6.93. The monoisotopic (exact) mass is 418 g/mol. The summed E-state index contributed by atoms with van der Waals surface area (Å²) in [4.78, 5) is 4.10. The number of hydrogen-bond acceptors (Lipinski definition) is 8. The molecule has 26 heavy (non-hydrogen) atoms. The Morgan fingerprint density at radius 1 is 1.19 bits per heavy atom. The zero-order valence-electron chi connectivity index (χ0n) is 13.3. The van der Waals surface area contributed by atoms with E-state index in [1.54, 1.807) is 18.2 Å². The average molecular weight is 419 g/mol. The summed E-state index contributed by atoms with van der Waals surface area (Å²) >= 11 is 5.83. The van der Waals surface area contributed by atoms with Crippen LogP contribution in [-0.4, -0.2) is 34.8 Å². The molecule has 0 radical (unpaired) electrons. The van der Waals surface area contributed by atoms with Crippen LogP contribution in [0.2, 0.25) is 5.02 Å². The fourth-order valence-electron chi connectivity index (χ4n) is 2.28. The zero-order chi connectivity index (χ0) is 19.1. The van der Waals surface area contributed by atoms with Crippen LogP contribution in [0.4, 0.5) is 17.1 Å². The number of aliphatic imine (C=N–C) groups is 1. The quantitative estimate of drug-likeness (QED) is 0.449. The number of halogens is 1. The molecule has 0 aliphatic carbocycles. The molecule has 0 atom stereocenters. The van der Waals surface area contributed by atoms with Crippen molar-refractivity contribution in [3.05, 3.63) is 41.4 Å². The van der Waals surface area contributed by atoms with Crippen LogP contribution >= 0.6 is 22.4 Å². The van der Waals surface area contributed by atoms with Crippen molar-refractivity contribution in [1.29, 1.82) is 0 Å². The summed E-state index contributed by atoms with van der Waals surface area (Å²) in [5, 5.41) is 12.9. The Bertz CT molecular complexity index is 1010. The first kappa shape index (κ1) is 18.6. The minimum Gasteiger partial charge on any atom is -0.506 e. The molecule has 0 fully saturated rings. The Morgan fingerprint density at radius 2 is 1.88 bits per heavy atom. The number of sulfonamides is 1. The molecule has 0 saturated carbocycles. The van der Waals surface area contributed by atoms with Crippen molar-refractivity contribution in [2.24, 2.45) is 4.99 Å². The average Bonchev–Trinajstić information content (AvgIpc) is 2.46. The minimum absolute atomic E-state index is 0.0268. The molecular formula is C14H15ClN4O5S2. The number of nitrogens with zero attached hydrogens (tertiary/aromatic N) is 1. The van der Waals surface area contributed by atoms with Gasteiger partial charge in [0.2, 0.25) is 16.0 Å². The summed E-state index contributed by atoms with van der Waals surface area (Å²) < 4.78 is 48.0. The lowest BCUT2D eigenvalue weighted by Crippen LogP contribution is -2.35. The predicted molar refractivity (Wildman–Crippen MR) is 103 cm³/mol. The lowest BCUT2D eigenvalue weighted by Gasteiger charge is -2.37. The van der Waals surface area contributed by atoms with Crippen molar-refractivity contribution in [3.8, 4) is 5.75 Å². The largest absolute Gasteiger partial charge is 0.506 e. The molecule has 12 heteroatoms. The van der Waals surface area contributed by atoms with Crippen LogP contribution in [0, 0.1) is 0 Å². The van der Waals surface area contributed by atoms with Gasteiger partial charge in [0.25, 0.3) is 0 Å². The van der Waals surface area contributed by atoms with Crippen LogP contribution in [0.3, 0.4) is 0 Å². The molecule has 140 valence electrons. The number of phenolic OH excluding ortho intramolecular Hbond substituents is 1. The summed E-state index contributed by atoms with van der Waals surface area (Å²) in [6.45, 7) is 0. The molecule has 0 unspecified atom stereocenters. The molecule has 1 aliphatic rings. The Kier molecular flexibility index (Phi) is 4.67. The van der Waals surface area contributed by atoms with Gasteiger partial charge in [0.1, 0.15) is 16.3 Å². The van der Waals surface area contributed by atoms with E-state index in [9.17, 15) is 22.6 Å². The van der Waals surface area contributed by atoms with Gasteiger partial charge in [-0.2, -0.15) is 0 Å². The predicted octanol–water partition coefficient (Wildman–Crippen LogP) is 3.14. The van der Waals surface area contributed by atoms with E-state index in [2.05, 4.69) is 19.8 Å². The van der Waals surface area contributed by atoms with Crippen molar-refractivity contribution in [3.63, 3.8) is 0 Å². The Hall–Kier alpha value is -2.18. The normalized spacial score (nSPS) is 16.7. The van der Waals surface area contributed by atoms with Gasteiger partial charge in [-0.3, -0.25) is 13.8 Å². The number of benzene rings is 2. The van der Waals surface area contributed by atoms with Gasteiger partial charge in [-0.15, -0.1) is 0 Å². The van der Waals surface area contributed by atoms with Gasteiger partial charge in [0.15, 0.2) is 0 Å². The number of aromatic hydroxyl groups is 1. The molecule has 0 aromatic heterocycles. The maximum atomic E-state index is 11.3. The number of anilines is 2. The SMILES string of the molecule is CS(=O)(=O)Nc1cccc(NC2=Nc3c(O)cc(Cl)cc3S(O)(O)N2)c1. The summed E-state index contributed by atoms with van der Waals surface area (Å²) in [5.74, 6) is -0.340. The van der Waals surface area contributed by atoms with Crippen molar-refractivity contribution < 1.29 is 22.6 Å². The lowest BCUT2D eigenvalue weighted by atomic mass is 10.3. The van der Waals surface area contributed by atoms with E-state index < -0.39 is 20.8 Å². The Morgan fingerprint density at radius 3 is 2.58 bits per heavy atom. The highest BCUT2D eigenvalue weighted by atomic mass is 35.5. The van der Waals surface area contributed by atoms with E-state index >= 15 is 0 Å². The first-order valence-electron chi connectivity index (χ1n) is 7.05. The molecule has 0 spiro atoms. The fourth-order valence-corrected chi connectivity index (χ4v) is 4.30. The highest BCUT2D eigenvalue weighted by molar-refractivity contribution is 8.23. The molecule has 2 aromatic carbocycles. The van der Waals surface area contributed by atoms with E-state index in [1.165, 1.54) is 18.2 Å². The van der Waals surface area contributed by atoms with Crippen LogP contribution in [0.15, 0.2) is 46.3 Å². The van der Waals surface area contributed by atoms with Crippen molar-refractivity contribution in [1.82, 2.24) is 4.72 Å². The second-order valence-electron chi connectivity index (χ2n) is 5.46. The van der Waals surface area contributed by atoms with Crippen LogP contribution in [0.1, 0.15) is 0 Å². The third kappa shape index (κ3) is 4.14. The van der Waals surface area contributed by atoms with Crippen LogP contribution in [0.25, 0.3) is 0 Å². The van der Waals surface area contributed by atoms with Gasteiger partial charge in [0, 0.05) is 16.8 Å². The standard InChI is InChI=1S/C14H15ClN4O5S2/c1-25(21,22)18-10-4-2-3-9(7-10)16-14-17-13-11(20)5-8(15)6-12(13)26(23,24)19-14/h2-7,18,20,23-24H,1H3,(H2,16,17,19). The molecular weight excluding hydrogens is 404 g/mol. The minimum atomic E-state index is -3.49. The number of phenols is 1. The summed E-state index contributed by atoms with van der Waals surface area (Å²) in [6, 6.07) is 8.81. The maximum Gasteiger partial charge on any atom is 0.229 e. The topological polar surface area (TPSA) is 143 Å². The summed E-state index contributed by atoms with van der Waals surface area (Å²) in [6.07, 6.45) is 1.03. The van der Waals surface area contributed by atoms with Crippen LogP contribution < -0.4 is 14.8 Å². The van der Waals surface area contributed by atoms with E-state index in [1.807, 2.05) is 0 Å². The Balaban J connectivity index is 1.94. The van der Waals surface area contributed by atoms with Crippen molar-refractivity contribution >= 4 is 55.4 Å². The molecule has 1 aliphatic heterocycles. The van der Waals surface area contributed by atoms with Gasteiger partial charge in [-0.25, -0.2) is 18.1 Å². The summed E-state index contributed by atoms with van der Waals surface area (Å²) in [5.41, 5.74) is 0.716. The van der Waals surface area contributed by atoms with Crippen LogP contribution in [-0.2, 0) is 10.0 Å². The Labute approximate surface area is 156 Å². The molecule has 2 aromatic rings. The fraction of sp³-hybridized carbons (Fsp3) is 0.0714. The first-order chi connectivity index (χ1) is 12.0. The molecule has 1 heterocycles. The van der Waals surface area contributed by atoms with Gasteiger partial charge < -0.3 is 10.4 Å². The number of rotatable bonds is 3. The number of fused-ring (bicyclic) bond motifs is 1.